The fourth-order valence-electron chi connectivity index (χ4n) is 2.37. The highest BCUT2D eigenvalue weighted by Gasteiger charge is 2.27. The largest absolute Gasteiger partial charge is 0.545 e. The van der Waals surface area contributed by atoms with Gasteiger partial charge in [0.2, 0.25) is 0 Å². The van der Waals surface area contributed by atoms with Crippen LogP contribution in [0.2, 0.25) is 0 Å². The number of carbonyl (C=O) groups excluding carboxylic acids is 1. The fraction of sp³-hybridized carbons (Fsp3) is 0.500. The van der Waals surface area contributed by atoms with Gasteiger partial charge in [-0.15, -0.1) is 0 Å². The summed E-state index contributed by atoms with van der Waals surface area (Å²) in [7, 11) is 0. The van der Waals surface area contributed by atoms with E-state index < -0.39 is 24.5 Å². The van der Waals surface area contributed by atoms with E-state index in [9.17, 15) is 20.1 Å². The van der Waals surface area contributed by atoms with Crippen molar-refractivity contribution in [3.8, 4) is 0 Å². The van der Waals surface area contributed by atoms with Crippen molar-refractivity contribution in [2.75, 3.05) is 0 Å². The Kier molecular flexibility index (Phi) is 4.52. The molecular formula is C14H17O5-. The number of aliphatic hydroxyl groups excluding tert-OH is 2. The first-order valence-corrected chi connectivity index (χ1v) is 6.41. The van der Waals surface area contributed by atoms with Gasteiger partial charge in [-0.3, -0.25) is 0 Å². The van der Waals surface area contributed by atoms with E-state index in [1.165, 1.54) is 12.1 Å². The molecule has 1 aliphatic rings. The second-order valence-electron chi connectivity index (χ2n) is 4.75. The SMILES string of the molecule is O=C([O-])c1ccccc1C(O)O[C@H]1CCCC[C@@H]1O. The zero-order valence-electron chi connectivity index (χ0n) is 10.5. The van der Waals surface area contributed by atoms with Crippen LogP contribution >= 0.6 is 0 Å². The molecule has 1 fully saturated rings. The molecule has 0 bridgehead atoms. The van der Waals surface area contributed by atoms with Crippen LogP contribution < -0.4 is 5.11 Å². The molecule has 0 spiro atoms. The Morgan fingerprint density at radius 1 is 1.32 bits per heavy atom. The van der Waals surface area contributed by atoms with Crippen LogP contribution in [0, 0.1) is 0 Å². The summed E-state index contributed by atoms with van der Waals surface area (Å²) in [5.41, 5.74) is 0.0561. The van der Waals surface area contributed by atoms with Crippen LogP contribution in [0.3, 0.4) is 0 Å². The van der Waals surface area contributed by atoms with Crippen molar-refractivity contribution >= 4 is 5.97 Å². The summed E-state index contributed by atoms with van der Waals surface area (Å²) < 4.78 is 5.39. The predicted molar refractivity (Wildman–Crippen MR) is 65.1 cm³/mol. The summed E-state index contributed by atoms with van der Waals surface area (Å²) in [6, 6.07) is 6.00. The molecule has 2 N–H and O–H groups in total. The molecule has 104 valence electrons. The van der Waals surface area contributed by atoms with Crippen molar-refractivity contribution < 1.29 is 24.9 Å². The first kappa shape index (κ1) is 14.0. The zero-order chi connectivity index (χ0) is 13.8. The Bertz CT molecular complexity index is 445. The molecule has 1 aromatic carbocycles. The van der Waals surface area contributed by atoms with E-state index >= 15 is 0 Å². The summed E-state index contributed by atoms with van der Waals surface area (Å²) in [5.74, 6) is -1.36. The number of carboxylic acid groups (broad SMARTS) is 1. The molecule has 0 saturated heterocycles. The Labute approximate surface area is 111 Å². The molecule has 1 aliphatic carbocycles. The Balaban J connectivity index is 2.11. The van der Waals surface area contributed by atoms with Crippen molar-refractivity contribution in [1.82, 2.24) is 0 Å². The van der Waals surface area contributed by atoms with Crippen LogP contribution in [0.1, 0.15) is 47.9 Å². The molecule has 0 amide bonds. The zero-order valence-corrected chi connectivity index (χ0v) is 10.5. The third kappa shape index (κ3) is 3.32. The summed E-state index contributed by atoms with van der Waals surface area (Å²) in [6.45, 7) is 0. The van der Waals surface area contributed by atoms with Crippen molar-refractivity contribution in [3.63, 3.8) is 0 Å². The summed E-state index contributed by atoms with van der Waals surface area (Å²) >= 11 is 0. The Morgan fingerprint density at radius 2 is 2.00 bits per heavy atom. The van der Waals surface area contributed by atoms with Gasteiger partial charge in [0.05, 0.1) is 18.2 Å². The molecule has 0 heterocycles. The predicted octanol–water partition coefficient (Wildman–Crippen LogP) is 0.361. The monoisotopic (exact) mass is 265 g/mol. The number of ether oxygens (including phenoxy) is 1. The molecule has 5 heteroatoms. The minimum Gasteiger partial charge on any atom is -0.545 e. The maximum Gasteiger partial charge on any atom is 0.182 e. The number of aromatic carboxylic acids is 1. The lowest BCUT2D eigenvalue weighted by Crippen LogP contribution is -2.34. The van der Waals surface area contributed by atoms with Crippen molar-refractivity contribution in [1.29, 1.82) is 0 Å². The fourth-order valence-corrected chi connectivity index (χ4v) is 2.37. The standard InChI is InChI=1S/C14H18O5/c15-11-7-3-4-8-12(11)19-14(18)10-6-2-1-5-9(10)13(16)17/h1-2,5-6,11-12,14-15,18H,3-4,7-8H2,(H,16,17)/p-1/t11-,12-,14?/m0/s1. The molecular weight excluding hydrogens is 248 g/mol. The van der Waals surface area contributed by atoms with E-state index in [-0.39, 0.29) is 11.1 Å². The number of rotatable bonds is 4. The molecule has 1 aromatic rings. The third-order valence-corrected chi connectivity index (χ3v) is 3.42. The summed E-state index contributed by atoms with van der Waals surface area (Å²) in [6.07, 6.45) is 0.720. The topological polar surface area (TPSA) is 89.8 Å². The summed E-state index contributed by atoms with van der Waals surface area (Å²) in [4.78, 5) is 11.0. The van der Waals surface area contributed by atoms with Crippen LogP contribution in [-0.2, 0) is 4.74 Å². The number of carbonyl (C=O) groups is 1. The van der Waals surface area contributed by atoms with Gasteiger partial charge in [-0.1, -0.05) is 37.1 Å². The second kappa shape index (κ2) is 6.14. The third-order valence-electron chi connectivity index (χ3n) is 3.42. The lowest BCUT2D eigenvalue weighted by atomic mass is 9.94. The molecule has 0 aromatic heterocycles. The number of hydrogen-bond acceptors (Lipinski definition) is 5. The van der Waals surface area contributed by atoms with E-state index in [0.717, 1.165) is 12.8 Å². The molecule has 1 saturated carbocycles. The van der Waals surface area contributed by atoms with Gasteiger partial charge in [-0.25, -0.2) is 0 Å². The van der Waals surface area contributed by atoms with E-state index in [0.29, 0.717) is 12.8 Å². The molecule has 2 rings (SSSR count). The number of benzene rings is 1. The molecule has 3 atom stereocenters. The molecule has 19 heavy (non-hydrogen) atoms. The average Bonchev–Trinajstić information content (AvgIpc) is 2.41. The van der Waals surface area contributed by atoms with Crippen LogP contribution in [0.4, 0.5) is 0 Å². The number of hydrogen-bond donors (Lipinski definition) is 2. The van der Waals surface area contributed by atoms with Gasteiger partial charge < -0.3 is 24.9 Å². The van der Waals surface area contributed by atoms with Crippen molar-refractivity contribution in [2.24, 2.45) is 0 Å². The van der Waals surface area contributed by atoms with Gasteiger partial charge in [0, 0.05) is 11.1 Å². The van der Waals surface area contributed by atoms with Gasteiger partial charge in [0.15, 0.2) is 6.29 Å². The van der Waals surface area contributed by atoms with E-state index in [1.807, 2.05) is 0 Å². The smallest absolute Gasteiger partial charge is 0.182 e. The maximum absolute atomic E-state index is 11.0. The normalized spacial score (nSPS) is 24.9. The Hall–Kier alpha value is -1.43. The molecule has 0 aliphatic heterocycles. The van der Waals surface area contributed by atoms with Gasteiger partial charge >= 0.3 is 0 Å². The second-order valence-corrected chi connectivity index (χ2v) is 4.75. The number of carboxylic acids is 1. The molecule has 5 nitrogen and oxygen atoms in total. The lowest BCUT2D eigenvalue weighted by molar-refractivity contribution is -0.255. The average molecular weight is 265 g/mol. The van der Waals surface area contributed by atoms with Crippen molar-refractivity contribution in [2.45, 2.75) is 44.2 Å². The quantitative estimate of drug-likeness (QED) is 0.767. The van der Waals surface area contributed by atoms with Crippen LogP contribution in [0.5, 0.6) is 0 Å². The minimum absolute atomic E-state index is 0.0969. The lowest BCUT2D eigenvalue weighted by Gasteiger charge is -2.30. The first-order valence-electron chi connectivity index (χ1n) is 6.41. The van der Waals surface area contributed by atoms with Crippen molar-refractivity contribution in [3.05, 3.63) is 35.4 Å². The first-order chi connectivity index (χ1) is 9.09. The van der Waals surface area contributed by atoms with Gasteiger partial charge in [0.1, 0.15) is 0 Å². The minimum atomic E-state index is -1.37. The summed E-state index contributed by atoms with van der Waals surface area (Å²) in [5, 5.41) is 30.7. The van der Waals surface area contributed by atoms with E-state index in [4.69, 9.17) is 4.74 Å². The maximum atomic E-state index is 11.0. The van der Waals surface area contributed by atoms with Gasteiger partial charge in [0.25, 0.3) is 0 Å². The van der Waals surface area contributed by atoms with Crippen LogP contribution in [-0.4, -0.2) is 28.4 Å². The van der Waals surface area contributed by atoms with E-state index in [2.05, 4.69) is 0 Å². The molecule has 0 radical (unpaired) electrons. The Morgan fingerprint density at radius 3 is 2.68 bits per heavy atom. The van der Waals surface area contributed by atoms with Crippen LogP contribution in [0.25, 0.3) is 0 Å². The molecule has 1 unspecified atom stereocenters. The highest BCUT2D eigenvalue weighted by Crippen LogP contribution is 2.27. The number of aliphatic hydroxyl groups is 2. The van der Waals surface area contributed by atoms with Gasteiger partial charge in [-0.05, 0) is 12.8 Å². The van der Waals surface area contributed by atoms with Crippen LogP contribution in [0.15, 0.2) is 24.3 Å². The highest BCUT2D eigenvalue weighted by molar-refractivity contribution is 5.87. The van der Waals surface area contributed by atoms with Gasteiger partial charge in [-0.2, -0.15) is 0 Å². The highest BCUT2D eigenvalue weighted by atomic mass is 16.6. The van der Waals surface area contributed by atoms with E-state index in [1.54, 1.807) is 12.1 Å².